The summed E-state index contributed by atoms with van der Waals surface area (Å²) in [4.78, 5) is 73.1. The predicted molar refractivity (Wildman–Crippen MR) is 423 cm³/mol. The lowest BCUT2D eigenvalue weighted by Crippen LogP contribution is -2.30. The second-order valence-corrected chi connectivity index (χ2v) is 34.1. The third kappa shape index (κ3) is 75.3. The van der Waals surface area contributed by atoms with Gasteiger partial charge in [0.2, 0.25) is 0 Å². The van der Waals surface area contributed by atoms with Crippen LogP contribution in [0.15, 0.2) is 0 Å². The molecule has 0 fully saturated rings. The van der Waals surface area contributed by atoms with Crippen LogP contribution in [0.2, 0.25) is 0 Å². The molecule has 0 bridgehead atoms. The topological polar surface area (TPSA) is 237 Å². The quantitative estimate of drug-likeness (QED) is 0.0222. The van der Waals surface area contributed by atoms with Crippen LogP contribution < -0.4 is 0 Å². The molecule has 0 spiro atoms. The lowest BCUT2D eigenvalue weighted by atomic mass is 9.99. The highest BCUT2D eigenvalue weighted by atomic mass is 31.2. The number of ether oxygens (including phenoxy) is 4. The van der Waals surface area contributed by atoms with Gasteiger partial charge in [-0.1, -0.05) is 389 Å². The normalized spacial score (nSPS) is 14.4. The number of phosphoric ester groups is 2. The summed E-state index contributed by atoms with van der Waals surface area (Å²) in [6, 6.07) is 0. The first-order valence-electron chi connectivity index (χ1n) is 43.4. The Hall–Kier alpha value is -1.94. The molecule has 0 saturated carbocycles. The first-order chi connectivity index (χ1) is 49.8. The van der Waals surface area contributed by atoms with E-state index in [9.17, 15) is 43.2 Å². The number of aliphatic hydroxyl groups excluding tert-OH is 1. The zero-order valence-electron chi connectivity index (χ0n) is 67.8. The number of carbonyl (C=O) groups is 4. The van der Waals surface area contributed by atoms with Gasteiger partial charge in [0.1, 0.15) is 19.3 Å². The number of esters is 4. The molecule has 4 unspecified atom stereocenters. The van der Waals surface area contributed by atoms with E-state index in [1.165, 1.54) is 250 Å². The Morgan fingerprint density at radius 3 is 0.738 bits per heavy atom. The molecular formula is C84H164O17P2. The third-order valence-electron chi connectivity index (χ3n) is 20.4. The van der Waals surface area contributed by atoms with Crippen LogP contribution in [-0.4, -0.2) is 96.7 Å². The molecule has 0 aromatic carbocycles. The van der Waals surface area contributed by atoms with Crippen molar-refractivity contribution in [3.05, 3.63) is 0 Å². The Labute approximate surface area is 632 Å². The summed E-state index contributed by atoms with van der Waals surface area (Å²) < 4.78 is 68.8. The van der Waals surface area contributed by atoms with Gasteiger partial charge >= 0.3 is 39.5 Å². The van der Waals surface area contributed by atoms with E-state index in [1.807, 2.05) is 0 Å². The van der Waals surface area contributed by atoms with Crippen molar-refractivity contribution in [1.82, 2.24) is 0 Å². The average molecular weight is 1510 g/mol. The van der Waals surface area contributed by atoms with Crippen LogP contribution in [0.1, 0.15) is 440 Å². The third-order valence-corrected chi connectivity index (χ3v) is 22.3. The van der Waals surface area contributed by atoms with Crippen LogP contribution in [0.25, 0.3) is 0 Å². The molecule has 0 aromatic heterocycles. The number of aliphatic hydroxyl groups is 1. The summed E-state index contributed by atoms with van der Waals surface area (Å²) in [5.41, 5.74) is 0. The average Bonchev–Trinajstić information content (AvgIpc) is 0.925. The first-order valence-corrected chi connectivity index (χ1v) is 46.4. The molecule has 103 heavy (non-hydrogen) atoms. The minimum atomic E-state index is -4.96. The van der Waals surface area contributed by atoms with Gasteiger partial charge in [-0.25, -0.2) is 9.13 Å². The van der Waals surface area contributed by atoms with Gasteiger partial charge in [-0.05, 0) is 43.4 Å². The lowest BCUT2D eigenvalue weighted by Gasteiger charge is -2.21. The van der Waals surface area contributed by atoms with Crippen molar-refractivity contribution in [2.24, 2.45) is 17.8 Å². The van der Waals surface area contributed by atoms with E-state index in [2.05, 4.69) is 48.5 Å². The number of rotatable bonds is 82. The van der Waals surface area contributed by atoms with Gasteiger partial charge in [-0.3, -0.25) is 37.3 Å². The highest BCUT2D eigenvalue weighted by Gasteiger charge is 2.30. The van der Waals surface area contributed by atoms with Crippen molar-refractivity contribution in [2.75, 3.05) is 39.6 Å². The largest absolute Gasteiger partial charge is 0.472 e. The summed E-state index contributed by atoms with van der Waals surface area (Å²) >= 11 is 0. The zero-order chi connectivity index (χ0) is 75.8. The number of unbranched alkanes of at least 4 members (excludes halogenated alkanes) is 48. The second kappa shape index (κ2) is 74.2. The van der Waals surface area contributed by atoms with E-state index < -0.39 is 97.5 Å². The van der Waals surface area contributed by atoms with E-state index in [0.29, 0.717) is 25.7 Å². The molecule has 0 amide bonds. The summed E-state index contributed by atoms with van der Waals surface area (Å²) in [5.74, 6) is 0.339. The van der Waals surface area contributed by atoms with Crippen LogP contribution in [0.4, 0.5) is 0 Å². The van der Waals surface area contributed by atoms with Gasteiger partial charge in [-0.2, -0.15) is 0 Å². The summed E-state index contributed by atoms with van der Waals surface area (Å²) in [5, 5.41) is 10.7. The molecule has 7 atom stereocenters. The molecule has 0 aliphatic carbocycles. The van der Waals surface area contributed by atoms with E-state index >= 15 is 0 Å². The van der Waals surface area contributed by atoms with Gasteiger partial charge in [0.25, 0.3) is 0 Å². The van der Waals surface area contributed by atoms with Gasteiger partial charge < -0.3 is 33.8 Å². The molecule has 0 aliphatic heterocycles. The lowest BCUT2D eigenvalue weighted by molar-refractivity contribution is -0.161. The first kappa shape index (κ1) is 101. The Morgan fingerprint density at radius 2 is 0.495 bits per heavy atom. The van der Waals surface area contributed by atoms with Gasteiger partial charge in [-0.15, -0.1) is 0 Å². The molecule has 0 saturated heterocycles. The van der Waals surface area contributed by atoms with E-state index in [1.54, 1.807) is 0 Å². The molecule has 0 aromatic rings. The minimum absolute atomic E-state index is 0.105. The molecule has 612 valence electrons. The van der Waals surface area contributed by atoms with Crippen LogP contribution in [-0.2, 0) is 65.4 Å². The van der Waals surface area contributed by atoms with E-state index in [-0.39, 0.29) is 25.7 Å². The van der Waals surface area contributed by atoms with Crippen molar-refractivity contribution in [1.29, 1.82) is 0 Å². The maximum absolute atomic E-state index is 13.1. The highest BCUT2D eigenvalue weighted by molar-refractivity contribution is 7.47. The zero-order valence-corrected chi connectivity index (χ0v) is 69.6. The van der Waals surface area contributed by atoms with Crippen LogP contribution >= 0.6 is 15.6 Å². The van der Waals surface area contributed by atoms with Gasteiger partial charge in [0, 0.05) is 25.7 Å². The second-order valence-electron chi connectivity index (χ2n) is 31.2. The Bertz CT molecular complexity index is 2000. The number of hydrogen-bond donors (Lipinski definition) is 3. The van der Waals surface area contributed by atoms with Gasteiger partial charge in [0.15, 0.2) is 12.2 Å². The van der Waals surface area contributed by atoms with Gasteiger partial charge in [0.05, 0.1) is 26.4 Å². The van der Waals surface area contributed by atoms with E-state index in [0.717, 1.165) is 108 Å². The summed E-state index contributed by atoms with van der Waals surface area (Å²) in [7, 11) is -9.92. The monoisotopic (exact) mass is 1510 g/mol. The van der Waals surface area contributed by atoms with Crippen molar-refractivity contribution >= 4 is 39.5 Å². The van der Waals surface area contributed by atoms with Crippen LogP contribution in [0, 0.1) is 17.8 Å². The van der Waals surface area contributed by atoms with Crippen molar-refractivity contribution in [2.45, 2.75) is 458 Å². The van der Waals surface area contributed by atoms with Crippen molar-refractivity contribution in [3.8, 4) is 0 Å². The molecule has 0 rings (SSSR count). The summed E-state index contributed by atoms with van der Waals surface area (Å²) in [6.07, 6.45) is 63.8. The minimum Gasteiger partial charge on any atom is -0.462 e. The Balaban J connectivity index is 5.22. The molecule has 0 heterocycles. The number of hydrogen-bond acceptors (Lipinski definition) is 15. The van der Waals surface area contributed by atoms with Crippen LogP contribution in [0.3, 0.4) is 0 Å². The smallest absolute Gasteiger partial charge is 0.462 e. The van der Waals surface area contributed by atoms with Crippen molar-refractivity contribution < 1.29 is 80.2 Å². The maximum Gasteiger partial charge on any atom is 0.472 e. The molecule has 0 aliphatic rings. The predicted octanol–water partition coefficient (Wildman–Crippen LogP) is 25.3. The van der Waals surface area contributed by atoms with E-state index in [4.69, 9.17) is 37.0 Å². The van der Waals surface area contributed by atoms with Crippen molar-refractivity contribution in [3.63, 3.8) is 0 Å². The molecule has 19 heteroatoms. The molecular weight excluding hydrogens is 1340 g/mol. The molecule has 0 radical (unpaired) electrons. The Kier molecular flexibility index (Phi) is 72.8. The fourth-order valence-electron chi connectivity index (χ4n) is 13.0. The van der Waals surface area contributed by atoms with Crippen LogP contribution in [0.5, 0.6) is 0 Å². The number of carbonyl (C=O) groups excluding carboxylic acids is 4. The SMILES string of the molecule is CCCCCCCCCCCCCC(=O)OC[C@H](COP(=O)(O)OC[C@H](O)COP(=O)(O)OC[C@@H](COC(=O)CCCCCCCCCCCCCCCCCC(C)C)OC(=O)CCCCCCCCCCCCCCCCCCCCC(C)CC)OC(=O)CCCCCCCCCCC(C)CC. The summed E-state index contributed by atoms with van der Waals surface area (Å²) in [6.45, 7) is 12.0. The highest BCUT2D eigenvalue weighted by Crippen LogP contribution is 2.45. The maximum atomic E-state index is 13.1. The fraction of sp³-hybridized carbons (Fsp3) is 0.952. The fourth-order valence-corrected chi connectivity index (χ4v) is 14.5. The Morgan fingerprint density at radius 1 is 0.282 bits per heavy atom. The molecule has 3 N–H and O–H groups in total. The molecule has 17 nitrogen and oxygen atoms in total. The standard InChI is InChI=1S/C84H164O17P2/c1-8-11-12-13-14-15-29-36-44-51-58-65-81(86)94-72-80(101-84(89)68-61-54-47-40-39-43-50-57-64-77(7)10-3)74-99-103(92,93)97-70-78(85)69-96-102(90,91)98-73-79(71-95-82(87)66-59-52-45-37-32-27-24-20-21-25-30-34-41-48-55-62-75(4)5)100-83(88)67-60-53-46-38-33-28-23-19-17-16-18-22-26-31-35-42-49-56-63-76(6)9-2/h75-80,85H,8-74H2,1-7H3,(H,90,91)(H,92,93)/t76?,77?,78-,79-,80-/m1/s1. The number of phosphoric acid groups is 2.